The minimum Gasteiger partial charge on any atom is -0.355 e. The topological polar surface area (TPSA) is 76.0 Å². The smallest absolute Gasteiger partial charge is 0.253 e. The van der Waals surface area contributed by atoms with E-state index in [9.17, 15) is 9.59 Å². The molecule has 0 saturated heterocycles. The molecule has 2 N–H and O–H groups in total. The number of amides is 2. The van der Waals surface area contributed by atoms with Crippen LogP contribution in [0.3, 0.4) is 0 Å². The molecule has 3 rings (SSSR count). The van der Waals surface area contributed by atoms with Gasteiger partial charge in [0.2, 0.25) is 5.91 Å². The molecule has 1 aromatic heterocycles. The van der Waals surface area contributed by atoms with E-state index in [-0.39, 0.29) is 11.8 Å². The van der Waals surface area contributed by atoms with Gasteiger partial charge >= 0.3 is 0 Å². The summed E-state index contributed by atoms with van der Waals surface area (Å²) in [6.45, 7) is 3.64. The van der Waals surface area contributed by atoms with Crippen molar-refractivity contribution in [2.75, 3.05) is 12.4 Å². The Bertz CT molecular complexity index is 1090. The SMILES string of the molecule is CNC(=O)c1c(C)cccc1NC(=O)/C=C/c1c(C)nn(-c2ccccc2)c1Cl. The Kier molecular flexibility index (Phi) is 6.14. The van der Waals surface area contributed by atoms with Crippen molar-refractivity contribution >= 4 is 35.2 Å². The third-order valence-corrected chi connectivity index (χ3v) is 4.80. The van der Waals surface area contributed by atoms with Crippen molar-refractivity contribution in [3.8, 4) is 5.69 Å². The van der Waals surface area contributed by atoms with Crippen molar-refractivity contribution in [2.24, 2.45) is 0 Å². The van der Waals surface area contributed by atoms with Crippen LogP contribution in [-0.4, -0.2) is 28.6 Å². The zero-order chi connectivity index (χ0) is 21.0. The Morgan fingerprint density at radius 2 is 1.79 bits per heavy atom. The van der Waals surface area contributed by atoms with Gasteiger partial charge in [-0.3, -0.25) is 9.59 Å². The molecule has 1 heterocycles. The fraction of sp³-hybridized carbons (Fsp3) is 0.136. The van der Waals surface area contributed by atoms with Gasteiger partial charge in [0.05, 0.1) is 22.6 Å². The van der Waals surface area contributed by atoms with Crippen LogP contribution in [0.5, 0.6) is 0 Å². The van der Waals surface area contributed by atoms with Crippen LogP contribution in [0.25, 0.3) is 11.8 Å². The number of aryl methyl sites for hydroxylation is 2. The summed E-state index contributed by atoms with van der Waals surface area (Å²) in [5.74, 6) is -0.630. The van der Waals surface area contributed by atoms with Gasteiger partial charge in [0.15, 0.2) is 0 Å². The number of nitrogens with one attached hydrogen (secondary N) is 2. The summed E-state index contributed by atoms with van der Waals surface area (Å²) >= 11 is 6.48. The Labute approximate surface area is 174 Å². The number of hydrogen-bond acceptors (Lipinski definition) is 3. The summed E-state index contributed by atoms with van der Waals surface area (Å²) < 4.78 is 1.62. The summed E-state index contributed by atoms with van der Waals surface area (Å²) in [5, 5.41) is 10.2. The third-order valence-electron chi connectivity index (χ3n) is 4.43. The first-order valence-electron chi connectivity index (χ1n) is 9.03. The van der Waals surface area contributed by atoms with Gasteiger partial charge in [0, 0.05) is 18.7 Å². The number of hydrogen-bond donors (Lipinski definition) is 2. The minimum absolute atomic E-state index is 0.259. The normalized spacial score (nSPS) is 10.9. The van der Waals surface area contributed by atoms with Gasteiger partial charge in [-0.05, 0) is 43.7 Å². The number of carbonyl (C=O) groups excluding carboxylic acids is 2. The van der Waals surface area contributed by atoms with Crippen LogP contribution < -0.4 is 10.6 Å². The van der Waals surface area contributed by atoms with Crippen molar-refractivity contribution in [1.82, 2.24) is 15.1 Å². The number of carbonyl (C=O) groups is 2. The van der Waals surface area contributed by atoms with E-state index in [0.717, 1.165) is 11.3 Å². The van der Waals surface area contributed by atoms with E-state index >= 15 is 0 Å². The predicted octanol–water partition coefficient (Wildman–Crippen LogP) is 4.15. The van der Waals surface area contributed by atoms with Gasteiger partial charge < -0.3 is 10.6 Å². The maximum absolute atomic E-state index is 12.5. The van der Waals surface area contributed by atoms with E-state index in [1.807, 2.05) is 50.2 Å². The molecule has 0 aliphatic rings. The highest BCUT2D eigenvalue weighted by Gasteiger charge is 2.15. The average molecular weight is 409 g/mol. The van der Waals surface area contributed by atoms with Crippen LogP contribution in [0.4, 0.5) is 5.69 Å². The number of nitrogens with zero attached hydrogens (tertiary/aromatic N) is 2. The first kappa shape index (κ1) is 20.4. The minimum atomic E-state index is -0.372. The maximum Gasteiger partial charge on any atom is 0.253 e. The lowest BCUT2D eigenvalue weighted by Crippen LogP contribution is -2.22. The summed E-state index contributed by atoms with van der Waals surface area (Å²) in [6, 6.07) is 14.8. The summed E-state index contributed by atoms with van der Waals surface area (Å²) in [5.41, 5.74) is 3.84. The number of para-hydroxylation sites is 1. The fourth-order valence-corrected chi connectivity index (χ4v) is 3.31. The lowest BCUT2D eigenvalue weighted by atomic mass is 10.1. The van der Waals surface area contributed by atoms with Gasteiger partial charge in [-0.2, -0.15) is 5.10 Å². The lowest BCUT2D eigenvalue weighted by molar-refractivity contribution is -0.111. The summed E-state index contributed by atoms with van der Waals surface area (Å²) in [4.78, 5) is 24.6. The van der Waals surface area contributed by atoms with Crippen LogP contribution in [0.15, 0.2) is 54.6 Å². The van der Waals surface area contributed by atoms with Crippen LogP contribution in [-0.2, 0) is 4.79 Å². The molecule has 29 heavy (non-hydrogen) atoms. The zero-order valence-corrected chi connectivity index (χ0v) is 17.1. The number of halogens is 1. The van der Waals surface area contributed by atoms with E-state index in [1.165, 1.54) is 6.08 Å². The van der Waals surface area contributed by atoms with Crippen molar-refractivity contribution in [3.63, 3.8) is 0 Å². The standard InChI is InChI=1S/C22H21ClN4O2/c1-14-8-7-11-18(20(14)22(29)24-3)25-19(28)13-12-17-15(2)26-27(21(17)23)16-9-5-4-6-10-16/h4-13H,1-3H3,(H,24,29)(H,25,28)/b13-12+. The van der Waals surface area contributed by atoms with Gasteiger partial charge in [-0.1, -0.05) is 41.9 Å². The second-order valence-electron chi connectivity index (χ2n) is 6.44. The molecule has 2 aromatic carbocycles. The molecule has 3 aromatic rings. The molecule has 0 fully saturated rings. The number of aromatic nitrogens is 2. The highest BCUT2D eigenvalue weighted by Crippen LogP contribution is 2.25. The molecular formula is C22H21ClN4O2. The molecule has 2 amide bonds. The molecule has 0 aliphatic carbocycles. The van der Waals surface area contributed by atoms with E-state index in [1.54, 1.807) is 29.9 Å². The Morgan fingerprint density at radius 3 is 2.48 bits per heavy atom. The second-order valence-corrected chi connectivity index (χ2v) is 6.79. The molecule has 6 nitrogen and oxygen atoms in total. The lowest BCUT2D eigenvalue weighted by Gasteiger charge is -2.11. The van der Waals surface area contributed by atoms with Crippen molar-refractivity contribution in [3.05, 3.63) is 82.1 Å². The molecule has 7 heteroatoms. The number of benzene rings is 2. The Morgan fingerprint density at radius 1 is 1.07 bits per heavy atom. The average Bonchev–Trinajstić information content (AvgIpc) is 3.00. The molecule has 0 aliphatic heterocycles. The van der Waals surface area contributed by atoms with Crippen molar-refractivity contribution in [2.45, 2.75) is 13.8 Å². The molecular weight excluding hydrogens is 388 g/mol. The first-order chi connectivity index (χ1) is 13.9. The van der Waals surface area contributed by atoms with Crippen LogP contribution in [0, 0.1) is 13.8 Å². The second kappa shape index (κ2) is 8.75. The fourth-order valence-electron chi connectivity index (χ4n) is 2.97. The van der Waals surface area contributed by atoms with Gasteiger partial charge in [0.25, 0.3) is 5.91 Å². The third kappa shape index (κ3) is 4.38. The highest BCUT2D eigenvalue weighted by atomic mass is 35.5. The van der Waals surface area contributed by atoms with Crippen LogP contribution >= 0.6 is 11.6 Å². The molecule has 0 bridgehead atoms. The van der Waals surface area contributed by atoms with E-state index in [4.69, 9.17) is 11.6 Å². The van der Waals surface area contributed by atoms with Crippen molar-refractivity contribution < 1.29 is 9.59 Å². The predicted molar refractivity (Wildman–Crippen MR) is 116 cm³/mol. The highest BCUT2D eigenvalue weighted by molar-refractivity contribution is 6.31. The molecule has 0 saturated carbocycles. The van der Waals surface area contributed by atoms with Crippen LogP contribution in [0.1, 0.15) is 27.2 Å². The quantitative estimate of drug-likeness (QED) is 0.622. The first-order valence-corrected chi connectivity index (χ1v) is 9.41. The van der Waals surface area contributed by atoms with Gasteiger partial charge in [-0.15, -0.1) is 0 Å². The Hall–Kier alpha value is -3.38. The summed E-state index contributed by atoms with van der Waals surface area (Å²) in [7, 11) is 1.55. The van der Waals surface area contributed by atoms with Gasteiger partial charge in [0.1, 0.15) is 5.15 Å². The van der Waals surface area contributed by atoms with E-state index in [2.05, 4.69) is 15.7 Å². The molecule has 0 unspecified atom stereocenters. The molecule has 0 atom stereocenters. The van der Waals surface area contributed by atoms with E-state index < -0.39 is 0 Å². The molecule has 0 spiro atoms. The largest absolute Gasteiger partial charge is 0.355 e. The van der Waals surface area contributed by atoms with Crippen molar-refractivity contribution in [1.29, 1.82) is 0 Å². The molecule has 148 valence electrons. The molecule has 0 radical (unpaired) electrons. The maximum atomic E-state index is 12.5. The van der Waals surface area contributed by atoms with Gasteiger partial charge in [-0.25, -0.2) is 4.68 Å². The Balaban J connectivity index is 1.84. The number of anilines is 1. The monoisotopic (exact) mass is 408 g/mol. The summed E-state index contributed by atoms with van der Waals surface area (Å²) in [6.07, 6.45) is 3.00. The number of rotatable bonds is 5. The zero-order valence-electron chi connectivity index (χ0n) is 16.4. The van der Waals surface area contributed by atoms with E-state index in [0.29, 0.717) is 27.7 Å². The van der Waals surface area contributed by atoms with Crippen LogP contribution in [0.2, 0.25) is 5.15 Å².